The van der Waals surface area contributed by atoms with Crippen LogP contribution in [0.1, 0.15) is 10.4 Å². The van der Waals surface area contributed by atoms with Crippen molar-refractivity contribution in [2.45, 2.75) is 9.92 Å². The van der Waals surface area contributed by atoms with E-state index in [9.17, 15) is 13.2 Å². The minimum Gasteiger partial charge on any atom is -0.497 e. The molecule has 0 saturated carbocycles. The van der Waals surface area contributed by atoms with Gasteiger partial charge in [-0.25, -0.2) is 13.4 Å². The van der Waals surface area contributed by atoms with E-state index >= 15 is 0 Å². The lowest BCUT2D eigenvalue weighted by Crippen LogP contribution is -2.13. The highest BCUT2D eigenvalue weighted by molar-refractivity contribution is 7.91. The molecule has 2 aromatic carbocycles. The molecular formula is C21H20N2O6S. The van der Waals surface area contributed by atoms with E-state index in [1.807, 2.05) is 0 Å². The van der Waals surface area contributed by atoms with Gasteiger partial charge in [0.05, 0.1) is 31.8 Å². The van der Waals surface area contributed by atoms with E-state index in [0.29, 0.717) is 22.9 Å². The topological polar surface area (TPSA) is 104 Å². The second kappa shape index (κ2) is 8.83. The summed E-state index contributed by atoms with van der Waals surface area (Å²) >= 11 is 0. The van der Waals surface area contributed by atoms with E-state index in [0.717, 1.165) is 0 Å². The first-order valence-electron chi connectivity index (χ1n) is 8.77. The van der Waals surface area contributed by atoms with E-state index in [2.05, 4.69) is 10.3 Å². The number of aromatic nitrogens is 1. The molecule has 1 amide bonds. The van der Waals surface area contributed by atoms with Crippen molar-refractivity contribution in [1.29, 1.82) is 0 Å². The zero-order valence-electron chi connectivity index (χ0n) is 16.6. The first-order chi connectivity index (χ1) is 14.4. The van der Waals surface area contributed by atoms with Crippen LogP contribution >= 0.6 is 0 Å². The summed E-state index contributed by atoms with van der Waals surface area (Å²) in [5, 5.41) is 2.55. The third kappa shape index (κ3) is 4.36. The summed E-state index contributed by atoms with van der Waals surface area (Å²) in [4.78, 5) is 16.5. The fourth-order valence-corrected chi connectivity index (χ4v) is 3.84. The molecule has 0 aliphatic rings. The van der Waals surface area contributed by atoms with Gasteiger partial charge in [0, 0.05) is 18.0 Å². The molecule has 1 heterocycles. The van der Waals surface area contributed by atoms with Gasteiger partial charge in [0.1, 0.15) is 5.75 Å². The van der Waals surface area contributed by atoms with E-state index in [-0.39, 0.29) is 15.5 Å². The second-order valence-corrected chi connectivity index (χ2v) is 7.98. The molecule has 0 unspecified atom stereocenters. The molecule has 0 aliphatic heterocycles. The molecule has 0 bridgehead atoms. The van der Waals surface area contributed by atoms with Crippen LogP contribution in [0, 0.1) is 0 Å². The molecule has 8 nitrogen and oxygen atoms in total. The van der Waals surface area contributed by atoms with Gasteiger partial charge >= 0.3 is 0 Å². The van der Waals surface area contributed by atoms with Crippen molar-refractivity contribution >= 4 is 21.4 Å². The predicted octanol–water partition coefficient (Wildman–Crippen LogP) is 3.19. The van der Waals surface area contributed by atoms with Gasteiger partial charge in [-0.15, -0.1) is 0 Å². The SMILES string of the molecule is COc1ccc(S(=O)(=O)c2ccc(C(=O)Nc3ccc(OC)c(OC)c3)cn2)cc1. The summed E-state index contributed by atoms with van der Waals surface area (Å²) in [6.07, 6.45) is 1.21. The van der Waals surface area contributed by atoms with Crippen molar-refractivity contribution in [1.82, 2.24) is 4.98 Å². The number of anilines is 1. The fraction of sp³-hybridized carbons (Fsp3) is 0.143. The molecule has 156 valence electrons. The number of methoxy groups -OCH3 is 3. The number of pyridine rings is 1. The standard InChI is InChI=1S/C21H20N2O6S/c1-27-16-6-8-17(9-7-16)30(25,26)20-11-4-14(13-22-20)21(24)23-15-5-10-18(28-2)19(12-15)29-3/h4-13H,1-3H3,(H,23,24). The van der Waals surface area contributed by atoms with Crippen molar-refractivity contribution in [3.05, 3.63) is 66.4 Å². The van der Waals surface area contributed by atoms with Crippen molar-refractivity contribution in [3.63, 3.8) is 0 Å². The summed E-state index contributed by atoms with van der Waals surface area (Å²) in [5.74, 6) is 1.10. The molecule has 0 saturated heterocycles. The summed E-state index contributed by atoms with van der Waals surface area (Å²) < 4.78 is 40.8. The Balaban J connectivity index is 1.78. The number of nitrogens with one attached hydrogen (secondary N) is 1. The number of amides is 1. The van der Waals surface area contributed by atoms with Gasteiger partial charge in [-0.3, -0.25) is 4.79 Å². The van der Waals surface area contributed by atoms with Gasteiger partial charge in [-0.05, 0) is 48.5 Å². The maximum absolute atomic E-state index is 12.7. The van der Waals surface area contributed by atoms with Gasteiger partial charge in [-0.1, -0.05) is 0 Å². The van der Waals surface area contributed by atoms with Crippen LogP contribution in [0.15, 0.2) is 70.7 Å². The minimum absolute atomic E-state index is 0.0818. The summed E-state index contributed by atoms with van der Waals surface area (Å²) in [6.45, 7) is 0. The Kier molecular flexibility index (Phi) is 6.22. The number of hydrogen-bond donors (Lipinski definition) is 1. The lowest BCUT2D eigenvalue weighted by atomic mass is 10.2. The van der Waals surface area contributed by atoms with Crippen molar-refractivity contribution in [2.24, 2.45) is 0 Å². The molecular weight excluding hydrogens is 408 g/mol. The van der Waals surface area contributed by atoms with Gasteiger partial charge < -0.3 is 19.5 Å². The Morgan fingerprint density at radius 2 is 1.57 bits per heavy atom. The molecule has 0 spiro atoms. The lowest BCUT2D eigenvalue weighted by Gasteiger charge is -2.11. The van der Waals surface area contributed by atoms with E-state index < -0.39 is 15.7 Å². The zero-order chi connectivity index (χ0) is 21.7. The minimum atomic E-state index is -3.81. The first kappa shape index (κ1) is 21.1. The molecule has 1 N–H and O–H groups in total. The number of carbonyl (C=O) groups is 1. The highest BCUT2D eigenvalue weighted by atomic mass is 32.2. The van der Waals surface area contributed by atoms with Crippen LogP contribution in [0.3, 0.4) is 0 Å². The molecule has 0 radical (unpaired) electrons. The largest absolute Gasteiger partial charge is 0.497 e. The molecule has 30 heavy (non-hydrogen) atoms. The van der Waals surface area contributed by atoms with Crippen molar-refractivity contribution in [3.8, 4) is 17.2 Å². The summed E-state index contributed by atoms with van der Waals surface area (Å²) in [5.41, 5.74) is 0.700. The van der Waals surface area contributed by atoms with E-state index in [1.165, 1.54) is 51.8 Å². The van der Waals surface area contributed by atoms with Crippen LogP contribution in [-0.2, 0) is 9.84 Å². The molecule has 3 rings (SSSR count). The highest BCUT2D eigenvalue weighted by Gasteiger charge is 2.20. The van der Waals surface area contributed by atoms with Crippen molar-refractivity contribution in [2.75, 3.05) is 26.6 Å². The van der Waals surface area contributed by atoms with Crippen LogP contribution in [0.5, 0.6) is 17.2 Å². The van der Waals surface area contributed by atoms with Crippen molar-refractivity contribution < 1.29 is 27.4 Å². The zero-order valence-corrected chi connectivity index (χ0v) is 17.4. The average Bonchev–Trinajstić information content (AvgIpc) is 2.79. The number of benzene rings is 2. The van der Waals surface area contributed by atoms with Gasteiger partial charge in [-0.2, -0.15) is 0 Å². The normalized spacial score (nSPS) is 10.9. The average molecular weight is 428 g/mol. The van der Waals surface area contributed by atoms with Crippen LogP contribution in [0.25, 0.3) is 0 Å². The number of ether oxygens (including phenoxy) is 3. The third-order valence-electron chi connectivity index (χ3n) is 4.29. The summed E-state index contributed by atoms with van der Waals surface area (Å²) in [7, 11) is 0.699. The van der Waals surface area contributed by atoms with Gasteiger partial charge in [0.25, 0.3) is 5.91 Å². The molecule has 3 aromatic rings. The Bertz CT molecular complexity index is 1140. The Hall–Kier alpha value is -3.59. The fourth-order valence-electron chi connectivity index (χ4n) is 2.67. The quantitative estimate of drug-likeness (QED) is 0.616. The van der Waals surface area contributed by atoms with E-state index in [4.69, 9.17) is 14.2 Å². The number of sulfone groups is 1. The maximum atomic E-state index is 12.7. The molecule has 0 fully saturated rings. The Morgan fingerprint density at radius 3 is 2.13 bits per heavy atom. The maximum Gasteiger partial charge on any atom is 0.257 e. The van der Waals surface area contributed by atoms with E-state index in [1.54, 1.807) is 30.3 Å². The molecule has 0 atom stereocenters. The Morgan fingerprint density at radius 1 is 0.867 bits per heavy atom. The van der Waals surface area contributed by atoms with Crippen LogP contribution in [0.2, 0.25) is 0 Å². The van der Waals surface area contributed by atoms with Crippen LogP contribution < -0.4 is 19.5 Å². The number of nitrogens with zero attached hydrogens (tertiary/aromatic N) is 1. The lowest BCUT2D eigenvalue weighted by molar-refractivity contribution is 0.102. The molecule has 0 aliphatic carbocycles. The number of carbonyl (C=O) groups excluding carboxylic acids is 1. The molecule has 1 aromatic heterocycles. The third-order valence-corrected chi connectivity index (χ3v) is 5.97. The monoisotopic (exact) mass is 428 g/mol. The highest BCUT2D eigenvalue weighted by Crippen LogP contribution is 2.30. The smallest absolute Gasteiger partial charge is 0.257 e. The number of rotatable bonds is 7. The van der Waals surface area contributed by atoms with Crippen LogP contribution in [-0.4, -0.2) is 40.6 Å². The first-order valence-corrected chi connectivity index (χ1v) is 10.3. The summed E-state index contributed by atoms with van der Waals surface area (Å²) in [6, 6.07) is 13.6. The second-order valence-electron chi connectivity index (χ2n) is 6.09. The van der Waals surface area contributed by atoms with Crippen LogP contribution in [0.4, 0.5) is 5.69 Å². The number of hydrogen-bond acceptors (Lipinski definition) is 7. The van der Waals surface area contributed by atoms with Gasteiger partial charge in [0.2, 0.25) is 9.84 Å². The molecule has 9 heteroatoms. The van der Waals surface area contributed by atoms with Gasteiger partial charge in [0.15, 0.2) is 16.5 Å². The Labute approximate surface area is 174 Å². The predicted molar refractivity (Wildman–Crippen MR) is 110 cm³/mol.